The Bertz CT molecular complexity index is 974. The number of nitrogens with one attached hydrogen (secondary N) is 1. The zero-order chi connectivity index (χ0) is 24.7. The van der Waals surface area contributed by atoms with E-state index in [0.29, 0.717) is 19.2 Å². The van der Waals surface area contributed by atoms with Gasteiger partial charge in [0.25, 0.3) is 0 Å². The lowest BCUT2D eigenvalue weighted by Gasteiger charge is -2.24. The van der Waals surface area contributed by atoms with Crippen LogP contribution in [0.1, 0.15) is 39.2 Å². The van der Waals surface area contributed by atoms with Crippen LogP contribution in [0.15, 0.2) is 36.7 Å². The number of ether oxygens (including phenoxy) is 2. The molecule has 0 unspecified atom stereocenters. The molecule has 0 spiro atoms. The predicted molar refractivity (Wildman–Crippen MR) is 130 cm³/mol. The van der Waals surface area contributed by atoms with Crippen molar-refractivity contribution >= 4 is 17.9 Å². The molecule has 0 saturated carbocycles. The first kappa shape index (κ1) is 25.4. The molecule has 9 heteroatoms. The van der Waals surface area contributed by atoms with Crippen LogP contribution in [-0.2, 0) is 20.8 Å². The van der Waals surface area contributed by atoms with Gasteiger partial charge in [0, 0.05) is 45.2 Å². The largest absolute Gasteiger partial charge is 0.444 e. The van der Waals surface area contributed by atoms with Crippen LogP contribution in [0.3, 0.4) is 0 Å². The van der Waals surface area contributed by atoms with Crippen LogP contribution in [0, 0.1) is 0 Å². The fraction of sp³-hybridized carbons (Fsp3) is 0.520. The van der Waals surface area contributed by atoms with Crippen molar-refractivity contribution in [3.63, 3.8) is 0 Å². The third-order valence-electron chi connectivity index (χ3n) is 5.52. The Kier molecular flexibility index (Phi) is 8.44. The molecule has 3 rings (SSSR count). The van der Waals surface area contributed by atoms with E-state index in [1.165, 1.54) is 0 Å². The highest BCUT2D eigenvalue weighted by molar-refractivity contribution is 5.82. The summed E-state index contributed by atoms with van der Waals surface area (Å²) in [6, 6.07) is 8.25. The molecule has 1 aliphatic rings. The van der Waals surface area contributed by atoms with Crippen molar-refractivity contribution in [1.82, 2.24) is 20.2 Å². The van der Waals surface area contributed by atoms with Crippen molar-refractivity contribution in [2.75, 3.05) is 38.8 Å². The summed E-state index contributed by atoms with van der Waals surface area (Å²) in [5.74, 6) is 0.516. The molecule has 2 heterocycles. The number of amides is 2. The second-order valence-corrected chi connectivity index (χ2v) is 9.52. The van der Waals surface area contributed by atoms with E-state index in [2.05, 4.69) is 20.2 Å². The molecule has 34 heavy (non-hydrogen) atoms. The monoisotopic (exact) mass is 469 g/mol. The van der Waals surface area contributed by atoms with Gasteiger partial charge in [-0.25, -0.2) is 14.8 Å². The van der Waals surface area contributed by atoms with Crippen molar-refractivity contribution in [1.29, 1.82) is 0 Å². The lowest BCUT2D eigenvalue weighted by Crippen LogP contribution is -2.40. The number of carbonyl (C=O) groups is 2. The first-order valence-electron chi connectivity index (χ1n) is 11.5. The molecule has 1 N–H and O–H groups in total. The quantitative estimate of drug-likeness (QED) is 0.634. The van der Waals surface area contributed by atoms with Crippen LogP contribution < -0.4 is 10.2 Å². The molecular formula is C25H35N5O4. The molecule has 9 nitrogen and oxygen atoms in total. The van der Waals surface area contributed by atoms with Gasteiger partial charge in [-0.2, -0.15) is 0 Å². The van der Waals surface area contributed by atoms with E-state index >= 15 is 0 Å². The molecule has 1 aromatic carbocycles. The topological polar surface area (TPSA) is 96.9 Å². The summed E-state index contributed by atoms with van der Waals surface area (Å²) in [5, 5.41) is 2.50. The van der Waals surface area contributed by atoms with Crippen molar-refractivity contribution < 1.29 is 19.1 Å². The molecule has 2 aromatic rings. The van der Waals surface area contributed by atoms with E-state index in [1.807, 2.05) is 36.7 Å². The number of anilines is 1. The summed E-state index contributed by atoms with van der Waals surface area (Å²) in [6.07, 6.45) is 5.26. The Morgan fingerprint density at radius 3 is 2.62 bits per heavy atom. The van der Waals surface area contributed by atoms with Gasteiger partial charge in [-0.05, 0) is 50.8 Å². The summed E-state index contributed by atoms with van der Waals surface area (Å²) in [6.45, 7) is 7.22. The number of hydrogen-bond donors (Lipinski definition) is 1. The third kappa shape index (κ3) is 7.15. The summed E-state index contributed by atoms with van der Waals surface area (Å²) < 4.78 is 10.5. The standard InChI is InChI=1S/C25H35N5O4/c1-25(2,3)34-24(32)28-15-22(31)29(4)16-18-8-6-9-19(12-18)20-13-26-23(27-14-20)30-11-7-10-21(30)17-33-5/h6,8-9,12-14,21H,7,10-11,15-17H2,1-5H3,(H,28,32)/t21-/m1/s1. The van der Waals surface area contributed by atoms with Crippen molar-refractivity contribution in [2.45, 2.75) is 51.8 Å². The van der Waals surface area contributed by atoms with E-state index in [9.17, 15) is 9.59 Å². The minimum atomic E-state index is -0.610. The number of likely N-dealkylation sites (N-methyl/N-ethyl adjacent to an activating group) is 1. The van der Waals surface area contributed by atoms with Gasteiger partial charge in [0.2, 0.25) is 11.9 Å². The fourth-order valence-corrected chi connectivity index (χ4v) is 3.89. The lowest BCUT2D eigenvalue weighted by atomic mass is 10.1. The molecule has 1 atom stereocenters. The highest BCUT2D eigenvalue weighted by Crippen LogP contribution is 2.25. The lowest BCUT2D eigenvalue weighted by molar-refractivity contribution is -0.129. The molecule has 0 aliphatic carbocycles. The number of aromatic nitrogens is 2. The smallest absolute Gasteiger partial charge is 0.408 e. The molecule has 0 bridgehead atoms. The number of carbonyl (C=O) groups excluding carboxylic acids is 2. The molecule has 184 valence electrons. The zero-order valence-corrected chi connectivity index (χ0v) is 20.7. The fourth-order valence-electron chi connectivity index (χ4n) is 3.89. The number of nitrogens with zero attached hydrogens (tertiary/aromatic N) is 4. The first-order valence-corrected chi connectivity index (χ1v) is 11.5. The maximum Gasteiger partial charge on any atom is 0.408 e. The zero-order valence-electron chi connectivity index (χ0n) is 20.7. The van der Waals surface area contributed by atoms with Crippen LogP contribution in [0.4, 0.5) is 10.7 Å². The maximum atomic E-state index is 12.4. The number of hydrogen-bond acceptors (Lipinski definition) is 7. The highest BCUT2D eigenvalue weighted by atomic mass is 16.6. The number of alkyl carbamates (subject to hydrolysis) is 1. The van der Waals surface area contributed by atoms with Gasteiger partial charge in [-0.3, -0.25) is 4.79 Å². The van der Waals surface area contributed by atoms with Gasteiger partial charge in [0.15, 0.2) is 0 Å². The molecule has 1 fully saturated rings. The maximum absolute atomic E-state index is 12.4. The van der Waals surface area contributed by atoms with Crippen molar-refractivity contribution in [2.24, 2.45) is 0 Å². The van der Waals surface area contributed by atoms with E-state index in [4.69, 9.17) is 9.47 Å². The van der Waals surface area contributed by atoms with Gasteiger partial charge in [0.05, 0.1) is 12.6 Å². The Morgan fingerprint density at radius 1 is 1.21 bits per heavy atom. The van der Waals surface area contributed by atoms with Crippen LogP contribution in [-0.4, -0.2) is 72.4 Å². The molecule has 1 aromatic heterocycles. The van der Waals surface area contributed by atoms with Gasteiger partial charge in [-0.15, -0.1) is 0 Å². The summed E-state index contributed by atoms with van der Waals surface area (Å²) in [4.78, 5) is 37.2. The van der Waals surface area contributed by atoms with Gasteiger partial charge >= 0.3 is 6.09 Å². The molecule has 1 aliphatic heterocycles. The Labute approximate surface area is 201 Å². The van der Waals surface area contributed by atoms with Crippen LogP contribution in [0.2, 0.25) is 0 Å². The SMILES string of the molecule is COC[C@H]1CCCN1c1ncc(-c2cccc(CN(C)C(=O)CNC(=O)OC(C)(C)C)c2)cn1. The number of rotatable bonds is 8. The molecule has 1 saturated heterocycles. The van der Waals surface area contributed by atoms with Gasteiger partial charge < -0.3 is 24.6 Å². The Morgan fingerprint density at radius 2 is 1.94 bits per heavy atom. The van der Waals surface area contributed by atoms with E-state index in [1.54, 1.807) is 39.8 Å². The first-order chi connectivity index (χ1) is 16.2. The predicted octanol–water partition coefficient (Wildman–Crippen LogP) is 3.24. The minimum Gasteiger partial charge on any atom is -0.444 e. The van der Waals surface area contributed by atoms with Crippen molar-refractivity contribution in [3.8, 4) is 11.1 Å². The van der Waals surface area contributed by atoms with Crippen LogP contribution in [0.25, 0.3) is 11.1 Å². The van der Waals surface area contributed by atoms with E-state index < -0.39 is 11.7 Å². The highest BCUT2D eigenvalue weighted by Gasteiger charge is 2.26. The molecular weight excluding hydrogens is 434 g/mol. The van der Waals surface area contributed by atoms with E-state index in [-0.39, 0.29) is 12.5 Å². The van der Waals surface area contributed by atoms with Crippen LogP contribution in [0.5, 0.6) is 0 Å². The molecule has 0 radical (unpaired) electrons. The summed E-state index contributed by atoms with van der Waals surface area (Å²) in [5.41, 5.74) is 2.25. The number of methoxy groups -OCH3 is 1. The second-order valence-electron chi connectivity index (χ2n) is 9.52. The third-order valence-corrected chi connectivity index (χ3v) is 5.52. The van der Waals surface area contributed by atoms with E-state index in [0.717, 1.165) is 42.0 Å². The Balaban J connectivity index is 1.59. The number of benzene rings is 1. The summed E-state index contributed by atoms with van der Waals surface area (Å²) >= 11 is 0. The normalized spacial score (nSPS) is 15.8. The van der Waals surface area contributed by atoms with Crippen LogP contribution >= 0.6 is 0 Å². The average molecular weight is 470 g/mol. The summed E-state index contributed by atoms with van der Waals surface area (Å²) in [7, 11) is 3.42. The van der Waals surface area contributed by atoms with Crippen molar-refractivity contribution in [3.05, 3.63) is 42.2 Å². The second kappa shape index (κ2) is 11.3. The minimum absolute atomic E-state index is 0.124. The Hall–Kier alpha value is -3.20. The molecule has 2 amide bonds. The van der Waals surface area contributed by atoms with Gasteiger partial charge in [-0.1, -0.05) is 18.2 Å². The average Bonchev–Trinajstić information content (AvgIpc) is 3.25. The van der Waals surface area contributed by atoms with Gasteiger partial charge in [0.1, 0.15) is 12.1 Å².